The molecule has 0 atom stereocenters. The lowest BCUT2D eigenvalue weighted by Gasteiger charge is -2.09. The van der Waals surface area contributed by atoms with E-state index in [0.29, 0.717) is 6.54 Å². The molecule has 0 aliphatic carbocycles. The van der Waals surface area contributed by atoms with Crippen molar-refractivity contribution < 1.29 is 0 Å². The number of benzene rings is 1. The van der Waals surface area contributed by atoms with Crippen molar-refractivity contribution in [2.45, 2.75) is 13.5 Å². The van der Waals surface area contributed by atoms with Crippen LogP contribution in [0.1, 0.15) is 11.3 Å². The van der Waals surface area contributed by atoms with E-state index in [9.17, 15) is 0 Å². The number of aromatic nitrogens is 1. The van der Waals surface area contributed by atoms with Crippen molar-refractivity contribution in [1.82, 2.24) is 4.98 Å². The summed E-state index contributed by atoms with van der Waals surface area (Å²) < 4.78 is 3.04. The molecule has 0 aliphatic heterocycles. The molecular formula is C13H11Br3N2. The first-order valence-corrected chi connectivity index (χ1v) is 7.73. The second-order valence-corrected chi connectivity index (χ2v) is 6.64. The molecule has 94 valence electrons. The molecule has 0 saturated heterocycles. The van der Waals surface area contributed by atoms with Gasteiger partial charge >= 0.3 is 0 Å². The SMILES string of the molecule is Cc1cc(Br)cc(NCc2ncc(Br)cc2Br)c1. The van der Waals surface area contributed by atoms with E-state index in [1.165, 1.54) is 5.56 Å². The van der Waals surface area contributed by atoms with Crippen molar-refractivity contribution in [3.63, 3.8) is 0 Å². The van der Waals surface area contributed by atoms with Gasteiger partial charge in [-0.2, -0.15) is 0 Å². The molecule has 0 unspecified atom stereocenters. The van der Waals surface area contributed by atoms with Gasteiger partial charge in [0.05, 0.1) is 12.2 Å². The van der Waals surface area contributed by atoms with Crippen molar-refractivity contribution in [1.29, 1.82) is 0 Å². The van der Waals surface area contributed by atoms with E-state index < -0.39 is 0 Å². The Bertz CT molecular complexity index is 550. The van der Waals surface area contributed by atoms with E-state index in [0.717, 1.165) is 24.8 Å². The van der Waals surface area contributed by atoms with Crippen LogP contribution in [0.25, 0.3) is 0 Å². The maximum atomic E-state index is 4.37. The molecule has 2 aromatic rings. The van der Waals surface area contributed by atoms with Crippen LogP contribution in [0, 0.1) is 6.92 Å². The molecule has 1 N–H and O–H groups in total. The summed E-state index contributed by atoms with van der Waals surface area (Å²) in [5.41, 5.74) is 3.28. The number of hydrogen-bond donors (Lipinski definition) is 1. The Labute approximate surface area is 132 Å². The second kappa shape index (κ2) is 6.17. The van der Waals surface area contributed by atoms with Gasteiger partial charge in [-0.1, -0.05) is 15.9 Å². The maximum absolute atomic E-state index is 4.37. The molecule has 5 heteroatoms. The number of halogens is 3. The Morgan fingerprint density at radius 1 is 1.06 bits per heavy atom. The summed E-state index contributed by atoms with van der Waals surface area (Å²) in [5.74, 6) is 0. The molecule has 1 heterocycles. The van der Waals surface area contributed by atoms with Gasteiger partial charge < -0.3 is 5.32 Å². The highest BCUT2D eigenvalue weighted by Gasteiger charge is 2.03. The highest BCUT2D eigenvalue weighted by molar-refractivity contribution is 9.11. The molecule has 2 nitrogen and oxygen atoms in total. The van der Waals surface area contributed by atoms with Crippen LogP contribution in [0.5, 0.6) is 0 Å². The van der Waals surface area contributed by atoms with Crippen LogP contribution >= 0.6 is 47.8 Å². The Kier molecular flexibility index (Phi) is 4.81. The molecule has 18 heavy (non-hydrogen) atoms. The standard InChI is InChI=1S/C13H11Br3N2/c1-8-2-9(14)4-11(3-8)17-7-13-12(16)5-10(15)6-18-13/h2-6,17H,7H2,1H3. The summed E-state index contributed by atoms with van der Waals surface area (Å²) in [5, 5.41) is 3.37. The van der Waals surface area contributed by atoms with Crippen molar-refractivity contribution in [3.8, 4) is 0 Å². The Morgan fingerprint density at radius 3 is 2.50 bits per heavy atom. The van der Waals surface area contributed by atoms with Crippen molar-refractivity contribution in [2.75, 3.05) is 5.32 Å². The van der Waals surface area contributed by atoms with Crippen LogP contribution in [0.2, 0.25) is 0 Å². The number of nitrogens with one attached hydrogen (secondary N) is 1. The lowest BCUT2D eigenvalue weighted by Crippen LogP contribution is -2.02. The molecule has 2 rings (SSSR count). The van der Waals surface area contributed by atoms with E-state index in [2.05, 4.69) is 83.2 Å². The normalized spacial score (nSPS) is 10.4. The third-order valence-corrected chi connectivity index (χ3v) is 3.96. The van der Waals surface area contributed by atoms with Crippen LogP contribution < -0.4 is 5.32 Å². The zero-order valence-corrected chi connectivity index (χ0v) is 14.4. The fourth-order valence-corrected chi connectivity index (χ4v) is 3.33. The van der Waals surface area contributed by atoms with Gasteiger partial charge in [0.2, 0.25) is 0 Å². The topological polar surface area (TPSA) is 24.9 Å². The van der Waals surface area contributed by atoms with E-state index in [-0.39, 0.29) is 0 Å². The number of anilines is 1. The van der Waals surface area contributed by atoms with Crippen LogP contribution in [-0.4, -0.2) is 4.98 Å². The fourth-order valence-electron chi connectivity index (χ4n) is 1.60. The lowest BCUT2D eigenvalue weighted by atomic mass is 10.2. The minimum absolute atomic E-state index is 0.684. The van der Waals surface area contributed by atoms with Gasteiger partial charge in [0.15, 0.2) is 0 Å². The van der Waals surface area contributed by atoms with Gasteiger partial charge in [0, 0.05) is 25.3 Å². The summed E-state index contributed by atoms with van der Waals surface area (Å²) >= 11 is 10.4. The zero-order valence-electron chi connectivity index (χ0n) is 9.67. The summed E-state index contributed by atoms with van der Waals surface area (Å²) in [7, 11) is 0. The molecule has 0 amide bonds. The van der Waals surface area contributed by atoms with Crippen molar-refractivity contribution >= 4 is 53.5 Å². The number of rotatable bonds is 3. The summed E-state index contributed by atoms with van der Waals surface area (Å²) in [6.07, 6.45) is 1.80. The number of hydrogen-bond acceptors (Lipinski definition) is 2. The van der Waals surface area contributed by atoms with Crippen LogP contribution in [0.4, 0.5) is 5.69 Å². The highest BCUT2D eigenvalue weighted by Crippen LogP contribution is 2.22. The molecule has 0 aliphatic rings. The van der Waals surface area contributed by atoms with Gasteiger partial charge in [0.25, 0.3) is 0 Å². The molecule has 0 spiro atoms. The summed E-state index contributed by atoms with van der Waals surface area (Å²) in [4.78, 5) is 4.37. The fraction of sp³-hybridized carbons (Fsp3) is 0.154. The first kappa shape index (κ1) is 14.0. The number of aryl methyl sites for hydroxylation is 1. The van der Waals surface area contributed by atoms with Crippen molar-refractivity contribution in [3.05, 3.63) is 55.1 Å². The number of pyridine rings is 1. The average molecular weight is 435 g/mol. The molecule has 0 radical (unpaired) electrons. The van der Waals surface area contributed by atoms with E-state index in [4.69, 9.17) is 0 Å². The Hall–Kier alpha value is -0.390. The van der Waals surface area contributed by atoms with E-state index >= 15 is 0 Å². The lowest BCUT2D eigenvalue weighted by molar-refractivity contribution is 1.03. The molecule has 0 fully saturated rings. The van der Waals surface area contributed by atoms with E-state index in [1.54, 1.807) is 6.20 Å². The number of nitrogens with zero attached hydrogens (tertiary/aromatic N) is 1. The highest BCUT2D eigenvalue weighted by atomic mass is 79.9. The molecule has 1 aromatic carbocycles. The summed E-state index contributed by atoms with van der Waals surface area (Å²) in [6, 6.07) is 8.24. The Morgan fingerprint density at radius 2 is 1.83 bits per heavy atom. The van der Waals surface area contributed by atoms with Crippen LogP contribution in [-0.2, 0) is 6.54 Å². The summed E-state index contributed by atoms with van der Waals surface area (Å²) in [6.45, 7) is 2.76. The van der Waals surface area contributed by atoms with Gasteiger partial charge in [-0.3, -0.25) is 4.98 Å². The monoisotopic (exact) mass is 432 g/mol. The van der Waals surface area contributed by atoms with Crippen molar-refractivity contribution in [2.24, 2.45) is 0 Å². The maximum Gasteiger partial charge on any atom is 0.0737 e. The first-order valence-electron chi connectivity index (χ1n) is 5.35. The molecule has 0 bridgehead atoms. The minimum Gasteiger partial charge on any atom is -0.379 e. The van der Waals surface area contributed by atoms with Gasteiger partial charge in [-0.05, 0) is 68.6 Å². The predicted octanol–water partition coefficient (Wildman–Crippen LogP) is 5.29. The molecule has 0 saturated carbocycles. The smallest absolute Gasteiger partial charge is 0.0737 e. The zero-order chi connectivity index (χ0) is 13.1. The minimum atomic E-state index is 0.684. The third-order valence-electron chi connectivity index (χ3n) is 2.39. The third kappa shape index (κ3) is 3.80. The van der Waals surface area contributed by atoms with E-state index in [1.807, 2.05) is 6.07 Å². The largest absolute Gasteiger partial charge is 0.379 e. The molecular weight excluding hydrogens is 424 g/mol. The second-order valence-electron chi connectivity index (χ2n) is 3.95. The van der Waals surface area contributed by atoms with Gasteiger partial charge in [-0.25, -0.2) is 0 Å². The Balaban J connectivity index is 2.11. The van der Waals surface area contributed by atoms with Gasteiger partial charge in [0.1, 0.15) is 0 Å². The van der Waals surface area contributed by atoms with Crippen LogP contribution in [0.3, 0.4) is 0 Å². The van der Waals surface area contributed by atoms with Gasteiger partial charge in [-0.15, -0.1) is 0 Å². The average Bonchev–Trinajstić information content (AvgIpc) is 2.26. The quantitative estimate of drug-likeness (QED) is 0.710. The first-order chi connectivity index (χ1) is 8.54. The molecule has 1 aromatic heterocycles. The van der Waals surface area contributed by atoms with Crippen LogP contribution in [0.15, 0.2) is 43.9 Å². The predicted molar refractivity (Wildman–Crippen MR) is 85.8 cm³/mol.